The van der Waals surface area contributed by atoms with E-state index in [-0.39, 0.29) is 5.92 Å². The predicted octanol–water partition coefficient (Wildman–Crippen LogP) is 5.95. The number of unbranched alkanes of at least 4 members (excludes halogenated alkanes) is 3. The van der Waals surface area contributed by atoms with Gasteiger partial charge in [-0.15, -0.1) is 0 Å². The Kier molecular flexibility index (Phi) is 8.03. The van der Waals surface area contributed by atoms with Crippen LogP contribution in [0.1, 0.15) is 76.7 Å². The summed E-state index contributed by atoms with van der Waals surface area (Å²) in [4.78, 5) is 11.6. The molecule has 0 amide bonds. The van der Waals surface area contributed by atoms with Gasteiger partial charge in [-0.3, -0.25) is 0 Å². The van der Waals surface area contributed by atoms with Gasteiger partial charge in [0.25, 0.3) is 0 Å². The number of hydrogen-bond acceptors (Lipinski definition) is 2. The van der Waals surface area contributed by atoms with Gasteiger partial charge < -0.3 is 9.84 Å². The molecule has 0 aliphatic heterocycles. The van der Waals surface area contributed by atoms with Crippen LogP contribution < -0.4 is 4.74 Å². The molecular weight excluding hydrogens is 312 g/mol. The number of carbonyl (C=O) groups is 1. The monoisotopic (exact) mass is 344 g/mol. The summed E-state index contributed by atoms with van der Waals surface area (Å²) in [6.07, 6.45) is 10.4. The second-order valence-corrected chi connectivity index (χ2v) is 7.01. The van der Waals surface area contributed by atoms with Gasteiger partial charge in [0, 0.05) is 5.57 Å². The van der Waals surface area contributed by atoms with Crippen LogP contribution in [0.3, 0.4) is 0 Å². The molecule has 3 nitrogen and oxygen atoms in total. The van der Waals surface area contributed by atoms with Crippen molar-refractivity contribution < 1.29 is 14.6 Å². The van der Waals surface area contributed by atoms with Crippen molar-refractivity contribution in [2.75, 3.05) is 6.61 Å². The number of carboxylic acid groups (broad SMARTS) is 1. The van der Waals surface area contributed by atoms with Gasteiger partial charge in [0.2, 0.25) is 0 Å². The summed E-state index contributed by atoms with van der Waals surface area (Å²) in [6.45, 7) is 4.85. The Labute approximate surface area is 152 Å². The Balaban J connectivity index is 1.91. The zero-order valence-corrected chi connectivity index (χ0v) is 15.7. The molecule has 1 aliphatic rings. The number of benzene rings is 1. The third kappa shape index (κ3) is 5.91. The molecule has 3 heteroatoms. The van der Waals surface area contributed by atoms with Crippen LogP contribution in [0.4, 0.5) is 0 Å². The van der Waals surface area contributed by atoms with Crippen LogP contribution in [0, 0.1) is 5.92 Å². The number of allylic oxidation sites excluding steroid dienone is 1. The predicted molar refractivity (Wildman–Crippen MR) is 102 cm³/mol. The third-order valence-corrected chi connectivity index (χ3v) is 5.25. The van der Waals surface area contributed by atoms with Crippen LogP contribution in [0.2, 0.25) is 0 Å². The van der Waals surface area contributed by atoms with Crippen molar-refractivity contribution in [1.29, 1.82) is 0 Å². The number of aliphatic carboxylic acids is 1. The molecule has 2 rings (SSSR count). The van der Waals surface area contributed by atoms with Crippen molar-refractivity contribution in [2.24, 2.45) is 5.92 Å². The highest BCUT2D eigenvalue weighted by molar-refractivity contribution is 5.87. The first kappa shape index (κ1) is 19.6. The molecule has 138 valence electrons. The number of hydrogen-bond donors (Lipinski definition) is 1. The maximum atomic E-state index is 11.6. The number of rotatable bonds is 9. The molecule has 0 unspecified atom stereocenters. The zero-order chi connectivity index (χ0) is 18.1. The van der Waals surface area contributed by atoms with E-state index in [4.69, 9.17) is 4.74 Å². The van der Waals surface area contributed by atoms with Gasteiger partial charge in [0.05, 0.1) is 6.61 Å². The molecule has 1 aromatic rings. The van der Waals surface area contributed by atoms with Crippen LogP contribution in [0.5, 0.6) is 5.75 Å². The average molecular weight is 344 g/mol. The highest BCUT2D eigenvalue weighted by Crippen LogP contribution is 2.39. The van der Waals surface area contributed by atoms with E-state index in [1.807, 2.05) is 25.1 Å². The van der Waals surface area contributed by atoms with Crippen molar-refractivity contribution in [3.05, 3.63) is 41.5 Å². The molecule has 0 atom stereocenters. The lowest BCUT2D eigenvalue weighted by atomic mass is 9.75. The van der Waals surface area contributed by atoms with Crippen LogP contribution in [0.25, 0.3) is 0 Å². The Hall–Kier alpha value is -1.77. The Bertz CT molecular complexity index is 551. The highest BCUT2D eigenvalue weighted by Gasteiger charge is 2.27. The largest absolute Gasteiger partial charge is 0.494 e. The van der Waals surface area contributed by atoms with Crippen molar-refractivity contribution in [2.45, 2.75) is 71.1 Å². The second-order valence-electron chi connectivity index (χ2n) is 7.01. The van der Waals surface area contributed by atoms with Crippen molar-refractivity contribution >= 4 is 5.97 Å². The summed E-state index contributed by atoms with van der Waals surface area (Å²) < 4.78 is 5.51. The van der Waals surface area contributed by atoms with E-state index in [0.717, 1.165) is 44.3 Å². The minimum atomic E-state index is -0.721. The molecule has 1 aromatic carbocycles. The molecule has 1 N–H and O–H groups in total. The van der Waals surface area contributed by atoms with Crippen LogP contribution in [-0.4, -0.2) is 17.7 Å². The number of carboxylic acids is 1. The van der Waals surface area contributed by atoms with Gasteiger partial charge in [-0.25, -0.2) is 4.79 Å². The Morgan fingerprint density at radius 2 is 1.80 bits per heavy atom. The van der Waals surface area contributed by atoms with Gasteiger partial charge in [-0.2, -0.15) is 0 Å². The zero-order valence-electron chi connectivity index (χ0n) is 15.7. The number of ether oxygens (including phenoxy) is 1. The molecule has 0 spiro atoms. The summed E-state index contributed by atoms with van der Waals surface area (Å²) in [6, 6.07) is 8.41. The fourth-order valence-electron chi connectivity index (χ4n) is 3.82. The molecule has 0 heterocycles. The highest BCUT2D eigenvalue weighted by atomic mass is 16.5. The van der Waals surface area contributed by atoms with Gasteiger partial charge in [0.15, 0.2) is 0 Å². The first-order valence-corrected chi connectivity index (χ1v) is 9.81. The maximum absolute atomic E-state index is 11.6. The Morgan fingerprint density at radius 1 is 1.12 bits per heavy atom. The van der Waals surface area contributed by atoms with Gasteiger partial charge >= 0.3 is 5.97 Å². The molecule has 0 aromatic heterocycles. The van der Waals surface area contributed by atoms with Crippen molar-refractivity contribution in [1.82, 2.24) is 0 Å². The summed E-state index contributed by atoms with van der Waals surface area (Å²) in [7, 11) is 0. The van der Waals surface area contributed by atoms with E-state index in [2.05, 4.69) is 19.1 Å². The smallest absolute Gasteiger partial charge is 0.331 e. The maximum Gasteiger partial charge on any atom is 0.331 e. The minimum absolute atomic E-state index is 0.220. The third-order valence-electron chi connectivity index (χ3n) is 5.25. The SMILES string of the molecule is CCCCCC=C(C(=O)O)C1CCC(c2ccc(OCC)cc2)CC1. The van der Waals surface area contributed by atoms with E-state index in [1.165, 1.54) is 18.4 Å². The fourth-order valence-corrected chi connectivity index (χ4v) is 3.82. The minimum Gasteiger partial charge on any atom is -0.494 e. The normalized spacial score (nSPS) is 21.1. The van der Waals surface area contributed by atoms with Crippen molar-refractivity contribution in [3.8, 4) is 5.75 Å². The van der Waals surface area contributed by atoms with E-state index in [9.17, 15) is 9.90 Å². The molecule has 25 heavy (non-hydrogen) atoms. The summed E-state index contributed by atoms with van der Waals surface area (Å²) >= 11 is 0. The lowest BCUT2D eigenvalue weighted by Crippen LogP contribution is -2.19. The van der Waals surface area contributed by atoms with Crippen LogP contribution in [-0.2, 0) is 4.79 Å². The lowest BCUT2D eigenvalue weighted by Gasteiger charge is -2.29. The van der Waals surface area contributed by atoms with E-state index < -0.39 is 5.97 Å². The van der Waals surface area contributed by atoms with Gasteiger partial charge in [0.1, 0.15) is 5.75 Å². The quantitative estimate of drug-likeness (QED) is 0.445. The van der Waals surface area contributed by atoms with E-state index in [0.29, 0.717) is 18.1 Å². The van der Waals surface area contributed by atoms with Crippen LogP contribution in [0.15, 0.2) is 35.9 Å². The first-order chi connectivity index (χ1) is 12.2. The van der Waals surface area contributed by atoms with E-state index >= 15 is 0 Å². The molecule has 0 bridgehead atoms. The fraction of sp³-hybridized carbons (Fsp3) is 0.591. The summed E-state index contributed by atoms with van der Waals surface area (Å²) in [5.74, 6) is 0.962. The lowest BCUT2D eigenvalue weighted by molar-refractivity contribution is -0.133. The summed E-state index contributed by atoms with van der Waals surface area (Å²) in [5.41, 5.74) is 2.01. The topological polar surface area (TPSA) is 46.5 Å². The van der Waals surface area contributed by atoms with Gasteiger partial charge in [-0.05, 0) is 75.0 Å². The second kappa shape index (κ2) is 10.3. The molecule has 1 fully saturated rings. The molecule has 0 saturated heterocycles. The van der Waals surface area contributed by atoms with Gasteiger partial charge in [-0.1, -0.05) is 38.0 Å². The Morgan fingerprint density at radius 3 is 2.36 bits per heavy atom. The van der Waals surface area contributed by atoms with Crippen LogP contribution >= 0.6 is 0 Å². The van der Waals surface area contributed by atoms with E-state index in [1.54, 1.807) is 0 Å². The summed E-state index contributed by atoms with van der Waals surface area (Å²) in [5, 5.41) is 9.56. The van der Waals surface area contributed by atoms with Crippen molar-refractivity contribution in [3.63, 3.8) is 0 Å². The molecule has 0 radical (unpaired) electrons. The molecular formula is C22H32O3. The average Bonchev–Trinajstić information content (AvgIpc) is 2.63. The standard InChI is InChI=1S/C22H32O3/c1-3-5-6-7-8-21(22(23)24)19-11-9-17(10-12-19)18-13-15-20(16-14-18)25-4-2/h8,13-17,19H,3-7,9-12H2,1-2H3,(H,23,24). The molecule has 1 aliphatic carbocycles. The molecule has 1 saturated carbocycles. The first-order valence-electron chi connectivity index (χ1n) is 9.81.